The molecule has 150 valence electrons. The molecule has 1 aliphatic heterocycles. The van der Waals surface area contributed by atoms with Gasteiger partial charge in [0, 0.05) is 5.39 Å². The molecule has 0 radical (unpaired) electrons. The molecule has 0 atom stereocenters. The number of amides is 1. The maximum atomic E-state index is 12.2. The number of likely N-dealkylation sites (tertiary alicyclic amines) is 1. The van der Waals surface area contributed by atoms with Crippen molar-refractivity contribution in [3.05, 3.63) is 60.2 Å². The summed E-state index contributed by atoms with van der Waals surface area (Å²) < 4.78 is 1.87. The molecule has 0 unspecified atom stereocenters. The summed E-state index contributed by atoms with van der Waals surface area (Å²) in [6.07, 6.45) is 5.08. The van der Waals surface area contributed by atoms with Crippen LogP contribution in [0.25, 0.3) is 10.9 Å². The van der Waals surface area contributed by atoms with Gasteiger partial charge < -0.3 is 5.11 Å². The molecular weight excluding hydrogens is 364 g/mol. The van der Waals surface area contributed by atoms with Gasteiger partial charge in [0.1, 0.15) is 0 Å². The summed E-state index contributed by atoms with van der Waals surface area (Å²) in [6.45, 7) is 2.66. The molecule has 2 heterocycles. The number of carbonyl (C=O) groups excluding carboxylic acids is 1. The molecule has 1 aliphatic rings. The second-order valence-corrected chi connectivity index (χ2v) is 7.55. The molecule has 1 amide bonds. The Hall–Kier alpha value is -2.99. The molecule has 0 bridgehead atoms. The standard InChI is InChI=1S/C23H26N4O2/c28-21(16-18-10-4-3-5-11-18)24-25-22-19-12-6-7-13-20(19)27(23(22)29)17-26-14-8-1-2-9-15-26/h3-7,10-13,29H,1-2,8-9,14-17H2. The van der Waals surface area contributed by atoms with Crippen molar-refractivity contribution in [1.29, 1.82) is 0 Å². The van der Waals surface area contributed by atoms with Crippen LogP contribution in [0.5, 0.6) is 5.88 Å². The Labute approximate surface area is 170 Å². The minimum atomic E-state index is -0.333. The predicted octanol–water partition coefficient (Wildman–Crippen LogP) is 5.03. The van der Waals surface area contributed by atoms with Gasteiger partial charge in [0.05, 0.1) is 18.6 Å². The lowest BCUT2D eigenvalue weighted by atomic mass is 10.1. The molecule has 3 aromatic rings. The summed E-state index contributed by atoms with van der Waals surface area (Å²) in [4.78, 5) is 14.6. The smallest absolute Gasteiger partial charge is 0.269 e. The van der Waals surface area contributed by atoms with Gasteiger partial charge in [-0.25, -0.2) is 0 Å². The SMILES string of the molecule is O=C(Cc1ccccc1)N=Nc1c(O)n(CN2CCCCCC2)c2ccccc12. The molecule has 1 aromatic heterocycles. The Morgan fingerprint density at radius 1 is 0.931 bits per heavy atom. The first-order chi connectivity index (χ1) is 14.2. The van der Waals surface area contributed by atoms with E-state index in [1.807, 2.05) is 59.2 Å². The van der Waals surface area contributed by atoms with Crippen LogP contribution in [0.2, 0.25) is 0 Å². The number of hydrogen-bond acceptors (Lipinski definition) is 4. The molecule has 0 aliphatic carbocycles. The fourth-order valence-corrected chi connectivity index (χ4v) is 3.90. The zero-order valence-corrected chi connectivity index (χ0v) is 16.5. The molecule has 6 heteroatoms. The third kappa shape index (κ3) is 4.54. The van der Waals surface area contributed by atoms with Gasteiger partial charge in [-0.15, -0.1) is 10.2 Å². The quantitative estimate of drug-likeness (QED) is 0.621. The van der Waals surface area contributed by atoms with Gasteiger partial charge in [-0.3, -0.25) is 14.3 Å². The van der Waals surface area contributed by atoms with E-state index in [1.54, 1.807) is 0 Å². The van der Waals surface area contributed by atoms with Crippen molar-refractivity contribution in [1.82, 2.24) is 9.47 Å². The summed E-state index contributed by atoms with van der Waals surface area (Å²) in [5.41, 5.74) is 2.15. The molecule has 0 spiro atoms. The summed E-state index contributed by atoms with van der Waals surface area (Å²) in [6, 6.07) is 17.2. The lowest BCUT2D eigenvalue weighted by Crippen LogP contribution is -2.27. The van der Waals surface area contributed by atoms with Gasteiger partial charge in [-0.05, 0) is 37.6 Å². The molecule has 1 fully saturated rings. The lowest BCUT2D eigenvalue weighted by Gasteiger charge is -2.21. The van der Waals surface area contributed by atoms with Crippen molar-refractivity contribution in [2.24, 2.45) is 10.2 Å². The number of azo groups is 1. The van der Waals surface area contributed by atoms with Crippen molar-refractivity contribution in [3.63, 3.8) is 0 Å². The number of fused-ring (bicyclic) bond motifs is 1. The Balaban J connectivity index is 1.59. The first-order valence-corrected chi connectivity index (χ1v) is 10.2. The van der Waals surface area contributed by atoms with Crippen LogP contribution in [0.4, 0.5) is 5.69 Å². The molecule has 0 saturated carbocycles. The normalized spacial score (nSPS) is 15.7. The highest BCUT2D eigenvalue weighted by molar-refractivity contribution is 5.95. The van der Waals surface area contributed by atoms with Crippen LogP contribution in [0.15, 0.2) is 64.8 Å². The van der Waals surface area contributed by atoms with Gasteiger partial charge in [0.25, 0.3) is 5.91 Å². The molecule has 29 heavy (non-hydrogen) atoms. The second kappa shape index (κ2) is 9.01. The Bertz CT molecular complexity index is 1000. The molecule has 6 nitrogen and oxygen atoms in total. The Kier molecular flexibility index (Phi) is 6.00. The van der Waals surface area contributed by atoms with Crippen LogP contribution in [-0.2, 0) is 17.9 Å². The van der Waals surface area contributed by atoms with Gasteiger partial charge in [-0.1, -0.05) is 61.4 Å². The molecule has 1 N–H and O–H groups in total. The van der Waals surface area contributed by atoms with Crippen LogP contribution < -0.4 is 0 Å². The monoisotopic (exact) mass is 390 g/mol. The summed E-state index contributed by atoms with van der Waals surface area (Å²) >= 11 is 0. The number of nitrogens with zero attached hydrogens (tertiary/aromatic N) is 4. The fraction of sp³-hybridized carbons (Fsp3) is 0.348. The lowest BCUT2D eigenvalue weighted by molar-refractivity contribution is -0.117. The van der Waals surface area contributed by atoms with Crippen LogP contribution in [0.1, 0.15) is 31.2 Å². The first kappa shape index (κ1) is 19.3. The zero-order chi connectivity index (χ0) is 20.1. The van der Waals surface area contributed by atoms with Crippen molar-refractivity contribution in [2.45, 2.75) is 38.8 Å². The number of aromatic hydroxyl groups is 1. The van der Waals surface area contributed by atoms with Crippen molar-refractivity contribution < 1.29 is 9.90 Å². The molecule has 2 aromatic carbocycles. The maximum Gasteiger partial charge on any atom is 0.269 e. The van der Waals surface area contributed by atoms with Gasteiger partial charge in [0.2, 0.25) is 5.88 Å². The van der Waals surface area contributed by atoms with E-state index in [0.29, 0.717) is 12.4 Å². The van der Waals surface area contributed by atoms with E-state index in [2.05, 4.69) is 15.1 Å². The molecule has 4 rings (SSSR count). The number of para-hydroxylation sites is 1. The number of aromatic nitrogens is 1. The number of benzene rings is 2. The number of carbonyl (C=O) groups is 1. The van der Waals surface area contributed by atoms with Crippen molar-refractivity contribution >= 4 is 22.5 Å². The zero-order valence-electron chi connectivity index (χ0n) is 16.5. The van der Waals surface area contributed by atoms with Crippen LogP contribution in [0.3, 0.4) is 0 Å². The summed E-state index contributed by atoms with van der Waals surface area (Å²) in [7, 11) is 0. The third-order valence-electron chi connectivity index (χ3n) is 5.42. The minimum Gasteiger partial charge on any atom is -0.493 e. The van der Waals surface area contributed by atoms with Crippen LogP contribution >= 0.6 is 0 Å². The first-order valence-electron chi connectivity index (χ1n) is 10.2. The average molecular weight is 390 g/mol. The van der Waals surface area contributed by atoms with E-state index in [0.717, 1.165) is 29.6 Å². The molecular formula is C23H26N4O2. The highest BCUT2D eigenvalue weighted by Gasteiger charge is 2.19. The second-order valence-electron chi connectivity index (χ2n) is 7.55. The largest absolute Gasteiger partial charge is 0.493 e. The van der Waals surface area contributed by atoms with E-state index in [4.69, 9.17) is 0 Å². The van der Waals surface area contributed by atoms with Crippen LogP contribution in [-0.4, -0.2) is 33.6 Å². The predicted molar refractivity (Wildman–Crippen MR) is 113 cm³/mol. The maximum absolute atomic E-state index is 12.2. The highest BCUT2D eigenvalue weighted by Crippen LogP contribution is 2.39. The van der Waals surface area contributed by atoms with E-state index < -0.39 is 0 Å². The molecule has 1 saturated heterocycles. The van der Waals surface area contributed by atoms with E-state index in [-0.39, 0.29) is 18.2 Å². The highest BCUT2D eigenvalue weighted by atomic mass is 16.3. The van der Waals surface area contributed by atoms with E-state index >= 15 is 0 Å². The van der Waals surface area contributed by atoms with Gasteiger partial charge in [-0.2, -0.15) is 0 Å². The number of rotatable bonds is 5. The average Bonchev–Trinajstić information content (AvgIpc) is 2.90. The van der Waals surface area contributed by atoms with Gasteiger partial charge >= 0.3 is 0 Å². The Morgan fingerprint density at radius 3 is 2.38 bits per heavy atom. The van der Waals surface area contributed by atoms with Crippen LogP contribution in [0, 0.1) is 0 Å². The Morgan fingerprint density at radius 2 is 1.62 bits per heavy atom. The minimum absolute atomic E-state index is 0.0618. The summed E-state index contributed by atoms with van der Waals surface area (Å²) in [5, 5.41) is 19.7. The summed E-state index contributed by atoms with van der Waals surface area (Å²) in [5.74, 6) is -0.272. The fourth-order valence-electron chi connectivity index (χ4n) is 3.90. The topological polar surface area (TPSA) is 70.2 Å². The van der Waals surface area contributed by atoms with Gasteiger partial charge in [0.15, 0.2) is 5.69 Å². The number of hydrogen-bond donors (Lipinski definition) is 1. The van der Waals surface area contributed by atoms with E-state index in [9.17, 15) is 9.90 Å². The van der Waals surface area contributed by atoms with E-state index in [1.165, 1.54) is 25.7 Å². The van der Waals surface area contributed by atoms with Crippen molar-refractivity contribution in [2.75, 3.05) is 13.1 Å². The third-order valence-corrected chi connectivity index (χ3v) is 5.42. The van der Waals surface area contributed by atoms with Crippen molar-refractivity contribution in [3.8, 4) is 5.88 Å².